The Morgan fingerprint density at radius 2 is 1.72 bits per heavy atom. The number of rotatable bonds is 4. The minimum Gasteiger partial charge on any atom is -0.497 e. The number of imide groups is 1. The minimum absolute atomic E-state index is 0.0310. The monoisotopic (exact) mass is 538 g/mol. The molecular formula is C26H19ClN2O5S2. The van der Waals surface area contributed by atoms with Crippen LogP contribution in [-0.4, -0.2) is 43.0 Å². The molecule has 0 saturated carbocycles. The molecule has 2 aliphatic rings. The zero-order chi connectivity index (χ0) is 25.2. The highest BCUT2D eigenvalue weighted by molar-refractivity contribution is 7.90. The van der Waals surface area contributed by atoms with Crippen LogP contribution in [0.25, 0.3) is 21.3 Å². The first-order valence-corrected chi connectivity index (χ1v) is 14.2. The smallest absolute Gasteiger partial charge is 0.261 e. The molecule has 0 radical (unpaired) electrons. The maximum atomic E-state index is 13.0. The first kappa shape index (κ1) is 23.1. The molecule has 0 aliphatic carbocycles. The van der Waals surface area contributed by atoms with Gasteiger partial charge in [0.05, 0.1) is 47.0 Å². The third-order valence-electron chi connectivity index (χ3n) is 6.61. The highest BCUT2D eigenvalue weighted by atomic mass is 35.5. The van der Waals surface area contributed by atoms with Gasteiger partial charge in [-0.1, -0.05) is 35.9 Å². The average Bonchev–Trinajstić information content (AvgIpc) is 3.33. The number of aromatic nitrogens is 1. The Labute approximate surface area is 216 Å². The van der Waals surface area contributed by atoms with Crippen molar-refractivity contribution in [2.75, 3.05) is 12.9 Å². The highest BCUT2D eigenvalue weighted by Crippen LogP contribution is 2.45. The summed E-state index contributed by atoms with van der Waals surface area (Å²) in [6.07, 6.45) is 0.385. The Balaban J connectivity index is 1.53. The summed E-state index contributed by atoms with van der Waals surface area (Å²) in [5, 5.41) is 1.16. The van der Waals surface area contributed by atoms with Crippen LogP contribution in [0.1, 0.15) is 36.9 Å². The maximum Gasteiger partial charge on any atom is 0.261 e. The zero-order valence-corrected chi connectivity index (χ0v) is 21.5. The number of fused-ring (bicyclic) bond motifs is 4. The molecule has 7 nitrogen and oxygen atoms in total. The quantitative estimate of drug-likeness (QED) is 0.343. The topological polar surface area (TPSA) is 93.6 Å². The fraction of sp³-hybridized carbons (Fsp3) is 0.192. The Hall–Kier alpha value is -3.27. The summed E-state index contributed by atoms with van der Waals surface area (Å²) >= 11 is 8.31. The lowest BCUT2D eigenvalue weighted by Gasteiger charge is -2.18. The van der Waals surface area contributed by atoms with Gasteiger partial charge >= 0.3 is 0 Å². The summed E-state index contributed by atoms with van der Waals surface area (Å²) in [7, 11) is -1.59. The summed E-state index contributed by atoms with van der Waals surface area (Å²) in [6.45, 7) is -0.0921. The summed E-state index contributed by atoms with van der Waals surface area (Å²) in [5.74, 6) is -0.0591. The average molecular weight is 539 g/mol. The molecule has 0 spiro atoms. The van der Waals surface area contributed by atoms with Crippen molar-refractivity contribution < 1.29 is 22.7 Å². The van der Waals surface area contributed by atoms with Gasteiger partial charge in [0.25, 0.3) is 11.8 Å². The van der Waals surface area contributed by atoms with Crippen molar-refractivity contribution in [2.24, 2.45) is 0 Å². The van der Waals surface area contributed by atoms with Gasteiger partial charge in [-0.25, -0.2) is 13.4 Å². The molecule has 4 heterocycles. The first-order valence-electron chi connectivity index (χ1n) is 11.2. The van der Waals surface area contributed by atoms with Gasteiger partial charge < -0.3 is 4.74 Å². The number of pyridine rings is 1. The van der Waals surface area contributed by atoms with Gasteiger partial charge in [0.1, 0.15) is 10.6 Å². The standard InChI is InChI=1S/C26H19ClN2O5S2/c1-34-15-8-6-14(7-9-15)21-22-18-10-11-36(32,33)13-20(18)35-24(22)28-19(23(21)27)12-29-25(30)16-4-2-3-5-17(16)26(29)31/h2-9H,10-13H2,1H3. The fourth-order valence-electron chi connectivity index (χ4n) is 4.84. The van der Waals surface area contributed by atoms with Crippen LogP contribution in [0.4, 0.5) is 0 Å². The minimum atomic E-state index is -3.18. The van der Waals surface area contributed by atoms with E-state index in [0.29, 0.717) is 44.4 Å². The van der Waals surface area contributed by atoms with Crippen LogP contribution in [0, 0.1) is 0 Å². The predicted molar refractivity (Wildman–Crippen MR) is 138 cm³/mol. The van der Waals surface area contributed by atoms with E-state index >= 15 is 0 Å². The van der Waals surface area contributed by atoms with Crippen molar-refractivity contribution in [3.05, 3.63) is 80.8 Å². The van der Waals surface area contributed by atoms with E-state index in [1.807, 2.05) is 24.3 Å². The van der Waals surface area contributed by atoms with Gasteiger partial charge in [-0.3, -0.25) is 14.5 Å². The molecule has 4 aromatic rings. The number of hydrogen-bond acceptors (Lipinski definition) is 7. The van der Waals surface area contributed by atoms with Crippen LogP contribution in [0.5, 0.6) is 5.75 Å². The van der Waals surface area contributed by atoms with E-state index in [1.54, 1.807) is 31.4 Å². The molecule has 6 rings (SSSR count). The van der Waals surface area contributed by atoms with Crippen molar-refractivity contribution in [3.8, 4) is 16.9 Å². The number of hydrogen-bond donors (Lipinski definition) is 0. The first-order chi connectivity index (χ1) is 17.3. The number of nitrogens with zero attached hydrogens (tertiary/aromatic N) is 2. The highest BCUT2D eigenvalue weighted by Gasteiger charge is 2.36. The summed E-state index contributed by atoms with van der Waals surface area (Å²) in [6, 6.07) is 14.1. The molecular weight excluding hydrogens is 520 g/mol. The number of halogens is 1. The third-order valence-corrected chi connectivity index (χ3v) is 9.88. The van der Waals surface area contributed by atoms with E-state index in [-0.39, 0.29) is 18.1 Å². The van der Waals surface area contributed by atoms with Gasteiger partial charge in [-0.15, -0.1) is 11.3 Å². The van der Waals surface area contributed by atoms with E-state index in [1.165, 1.54) is 11.3 Å². The lowest BCUT2D eigenvalue weighted by Crippen LogP contribution is -2.29. The van der Waals surface area contributed by atoms with Crippen molar-refractivity contribution in [3.63, 3.8) is 0 Å². The van der Waals surface area contributed by atoms with E-state index in [0.717, 1.165) is 26.3 Å². The van der Waals surface area contributed by atoms with Crippen LogP contribution < -0.4 is 4.74 Å². The molecule has 2 aromatic carbocycles. The van der Waals surface area contributed by atoms with E-state index < -0.39 is 21.7 Å². The van der Waals surface area contributed by atoms with Crippen LogP contribution in [0.2, 0.25) is 5.02 Å². The van der Waals surface area contributed by atoms with Crippen LogP contribution >= 0.6 is 22.9 Å². The van der Waals surface area contributed by atoms with Gasteiger partial charge in [-0.05, 0) is 41.8 Å². The van der Waals surface area contributed by atoms with Crippen molar-refractivity contribution in [1.82, 2.24) is 9.88 Å². The van der Waals surface area contributed by atoms with Crippen LogP contribution in [0.15, 0.2) is 48.5 Å². The predicted octanol–water partition coefficient (Wildman–Crippen LogP) is 4.89. The zero-order valence-electron chi connectivity index (χ0n) is 19.1. The Kier molecular flexibility index (Phi) is 5.40. The largest absolute Gasteiger partial charge is 0.497 e. The van der Waals surface area contributed by atoms with Crippen molar-refractivity contribution >= 4 is 54.8 Å². The Bertz CT molecular complexity index is 1660. The number of aryl methyl sites for hydroxylation is 1. The van der Waals surface area contributed by atoms with Gasteiger partial charge in [0.2, 0.25) is 0 Å². The van der Waals surface area contributed by atoms with E-state index in [9.17, 15) is 18.0 Å². The molecule has 0 N–H and O–H groups in total. The number of ether oxygens (including phenoxy) is 1. The molecule has 2 aromatic heterocycles. The maximum absolute atomic E-state index is 13.0. The van der Waals surface area contributed by atoms with Crippen LogP contribution in [-0.2, 0) is 28.6 Å². The molecule has 36 heavy (non-hydrogen) atoms. The molecule has 10 heteroatoms. The third kappa shape index (κ3) is 3.61. The van der Waals surface area contributed by atoms with E-state index in [2.05, 4.69) is 0 Å². The number of carbonyl (C=O) groups excluding carboxylic acids is 2. The van der Waals surface area contributed by atoms with E-state index in [4.69, 9.17) is 21.3 Å². The molecule has 2 aliphatic heterocycles. The second kappa shape index (κ2) is 8.40. The van der Waals surface area contributed by atoms with Crippen molar-refractivity contribution in [2.45, 2.75) is 18.7 Å². The summed E-state index contributed by atoms with van der Waals surface area (Å²) in [5.41, 5.74) is 3.56. The summed E-state index contributed by atoms with van der Waals surface area (Å²) < 4.78 is 29.9. The molecule has 0 fully saturated rings. The van der Waals surface area contributed by atoms with Gasteiger partial charge in [-0.2, -0.15) is 0 Å². The van der Waals surface area contributed by atoms with Crippen LogP contribution in [0.3, 0.4) is 0 Å². The number of thiophene rings is 1. The van der Waals surface area contributed by atoms with Gasteiger partial charge in [0, 0.05) is 15.8 Å². The normalized spacial score (nSPS) is 16.3. The van der Waals surface area contributed by atoms with Crippen molar-refractivity contribution in [1.29, 1.82) is 0 Å². The summed E-state index contributed by atoms with van der Waals surface area (Å²) in [4.78, 5) is 33.3. The molecule has 0 bridgehead atoms. The number of benzene rings is 2. The number of carbonyl (C=O) groups is 2. The second-order valence-electron chi connectivity index (χ2n) is 8.74. The second-order valence-corrected chi connectivity index (χ2v) is 12.4. The molecule has 0 saturated heterocycles. The molecule has 2 amide bonds. The molecule has 0 atom stereocenters. The fourth-order valence-corrected chi connectivity index (χ4v) is 8.19. The Morgan fingerprint density at radius 1 is 1.06 bits per heavy atom. The number of sulfone groups is 1. The lowest BCUT2D eigenvalue weighted by molar-refractivity contribution is 0.0640. The SMILES string of the molecule is COc1ccc(-c2c(Cl)c(CN3C(=O)c4ccccc4C3=O)nc3sc4c(c23)CCS(=O)(=O)C4)cc1. The Morgan fingerprint density at radius 3 is 2.36 bits per heavy atom. The number of amides is 2. The lowest BCUT2D eigenvalue weighted by atomic mass is 9.97. The molecule has 0 unspecified atom stereocenters. The molecule has 182 valence electrons. The van der Waals surface area contributed by atoms with Gasteiger partial charge in [0.15, 0.2) is 9.84 Å². The number of methoxy groups -OCH3 is 1.